The van der Waals surface area contributed by atoms with Gasteiger partial charge in [-0.3, -0.25) is 9.59 Å². The topological polar surface area (TPSA) is 134 Å². The number of alkyl carbamates (subject to hydrolysis) is 1. The number of benzene rings is 2. The Morgan fingerprint density at radius 1 is 0.952 bits per heavy atom. The van der Waals surface area contributed by atoms with E-state index >= 15 is 0 Å². The monoisotopic (exact) mass is 579 g/mol. The maximum Gasteiger partial charge on any atom is 0.407 e. The fourth-order valence-corrected chi connectivity index (χ4v) is 5.19. The summed E-state index contributed by atoms with van der Waals surface area (Å²) in [6, 6.07) is 12.2. The molecule has 0 aromatic heterocycles. The predicted molar refractivity (Wildman–Crippen MR) is 162 cm³/mol. The third-order valence-corrected chi connectivity index (χ3v) is 7.38. The lowest BCUT2D eigenvalue weighted by Gasteiger charge is -2.29. The minimum absolute atomic E-state index is 0.0549. The van der Waals surface area contributed by atoms with E-state index in [2.05, 4.69) is 16.0 Å². The molecule has 0 spiro atoms. The first kappa shape index (κ1) is 32.6. The summed E-state index contributed by atoms with van der Waals surface area (Å²) in [6.45, 7) is 11.7. The Hall–Kier alpha value is -3.88. The first-order valence-electron chi connectivity index (χ1n) is 14.7. The zero-order valence-electron chi connectivity index (χ0n) is 25.6. The zero-order valence-corrected chi connectivity index (χ0v) is 25.6. The van der Waals surface area contributed by atoms with Gasteiger partial charge in [-0.2, -0.15) is 0 Å². The van der Waals surface area contributed by atoms with Crippen LogP contribution in [0, 0.1) is 18.8 Å². The molecule has 9 nitrogen and oxygen atoms in total. The third kappa shape index (κ3) is 9.89. The lowest BCUT2D eigenvalue weighted by molar-refractivity contribution is -0.142. The van der Waals surface area contributed by atoms with Crippen molar-refractivity contribution < 1.29 is 29.0 Å². The number of carbonyl (C=O) groups is 4. The Balaban J connectivity index is 1.53. The number of amides is 3. The molecule has 1 fully saturated rings. The predicted octanol–water partition coefficient (Wildman–Crippen LogP) is 5.24. The van der Waals surface area contributed by atoms with Gasteiger partial charge in [-0.25, -0.2) is 9.59 Å². The second-order valence-electron chi connectivity index (χ2n) is 12.6. The smallest absolute Gasteiger partial charge is 0.407 e. The molecule has 9 heteroatoms. The summed E-state index contributed by atoms with van der Waals surface area (Å²) < 4.78 is 5.28. The first-order valence-corrected chi connectivity index (χ1v) is 14.7. The van der Waals surface area contributed by atoms with Gasteiger partial charge in [0.1, 0.15) is 11.6 Å². The van der Waals surface area contributed by atoms with Crippen LogP contribution in [0.2, 0.25) is 0 Å². The van der Waals surface area contributed by atoms with Gasteiger partial charge in [0.25, 0.3) is 5.91 Å². The quantitative estimate of drug-likeness (QED) is 0.304. The highest BCUT2D eigenvalue weighted by molar-refractivity contribution is 5.95. The third-order valence-electron chi connectivity index (χ3n) is 7.38. The molecule has 0 bridgehead atoms. The summed E-state index contributed by atoms with van der Waals surface area (Å²) in [7, 11) is 0. The second kappa shape index (κ2) is 14.3. The van der Waals surface area contributed by atoms with Crippen LogP contribution in [-0.4, -0.2) is 53.2 Å². The zero-order chi connectivity index (χ0) is 31.0. The summed E-state index contributed by atoms with van der Waals surface area (Å²) in [5.74, 6) is -1.42. The van der Waals surface area contributed by atoms with Crippen molar-refractivity contribution in [3.63, 3.8) is 0 Å². The van der Waals surface area contributed by atoms with E-state index < -0.39 is 23.7 Å². The van der Waals surface area contributed by atoms with Crippen LogP contribution >= 0.6 is 0 Å². The van der Waals surface area contributed by atoms with Gasteiger partial charge in [0, 0.05) is 30.5 Å². The molecule has 0 radical (unpaired) electrons. The number of aryl methyl sites for hydroxylation is 1. The van der Waals surface area contributed by atoms with Crippen molar-refractivity contribution in [3.05, 3.63) is 59.2 Å². The lowest BCUT2D eigenvalue weighted by atomic mass is 9.81. The van der Waals surface area contributed by atoms with Crippen LogP contribution in [0.1, 0.15) is 81.8 Å². The van der Waals surface area contributed by atoms with E-state index in [0.29, 0.717) is 24.9 Å². The van der Waals surface area contributed by atoms with Crippen molar-refractivity contribution >= 4 is 23.9 Å². The van der Waals surface area contributed by atoms with Crippen molar-refractivity contribution in [2.75, 3.05) is 6.54 Å². The minimum atomic E-state index is -1.08. The molecule has 228 valence electrons. The molecular weight excluding hydrogens is 534 g/mol. The van der Waals surface area contributed by atoms with Crippen LogP contribution in [0.3, 0.4) is 0 Å². The standard InChI is InChI=1S/C33H45N3O6/c1-20(2)35-30(38)26-15-16-27(21(3)17-26)24-11-7-22(8-12-24)18-28(31(39)40)36-29(37)25-13-9-23(10-14-25)19-34-32(41)42-33(4,5)6/h7-8,11-12,15-17,20,23,25,28H,9-10,13-14,18-19H2,1-6H3,(H,34,41)(H,35,38)(H,36,37)(H,39,40)/t23?,25?,28-/m0/s1. The molecule has 3 rings (SSSR count). The number of nitrogens with one attached hydrogen (secondary N) is 3. The van der Waals surface area contributed by atoms with Crippen LogP contribution in [0.25, 0.3) is 11.1 Å². The number of aliphatic carboxylic acids is 1. The highest BCUT2D eigenvalue weighted by Gasteiger charge is 2.30. The SMILES string of the molecule is Cc1cc(C(=O)NC(C)C)ccc1-c1ccc(C[C@H](NC(=O)C2CCC(CNC(=O)OC(C)(C)C)CC2)C(=O)O)cc1. The average Bonchev–Trinajstić information content (AvgIpc) is 2.91. The number of carboxylic acid groups (broad SMARTS) is 1. The van der Waals surface area contributed by atoms with E-state index in [-0.39, 0.29) is 36.1 Å². The minimum Gasteiger partial charge on any atom is -0.480 e. The number of hydrogen-bond acceptors (Lipinski definition) is 5. The molecule has 1 aliphatic carbocycles. The summed E-state index contributed by atoms with van der Waals surface area (Å²) in [6.07, 6.45) is 2.56. The van der Waals surface area contributed by atoms with Gasteiger partial charge in [0.2, 0.25) is 5.91 Å². The Bertz CT molecular complexity index is 1260. The van der Waals surface area contributed by atoms with E-state index in [0.717, 1.165) is 35.1 Å². The van der Waals surface area contributed by atoms with E-state index in [1.54, 1.807) is 6.07 Å². The first-order chi connectivity index (χ1) is 19.7. The second-order valence-corrected chi connectivity index (χ2v) is 12.6. The molecule has 0 unspecified atom stereocenters. The largest absolute Gasteiger partial charge is 0.480 e. The lowest BCUT2D eigenvalue weighted by Crippen LogP contribution is -2.46. The Morgan fingerprint density at radius 2 is 1.60 bits per heavy atom. The van der Waals surface area contributed by atoms with Crippen LogP contribution < -0.4 is 16.0 Å². The molecule has 3 amide bonds. The van der Waals surface area contributed by atoms with E-state index in [1.807, 2.05) is 77.9 Å². The van der Waals surface area contributed by atoms with Crippen molar-refractivity contribution in [1.29, 1.82) is 0 Å². The van der Waals surface area contributed by atoms with Gasteiger partial charge in [0.05, 0.1) is 0 Å². The fourth-order valence-electron chi connectivity index (χ4n) is 5.19. The summed E-state index contributed by atoms with van der Waals surface area (Å²) in [5.41, 5.74) is 3.76. The molecule has 42 heavy (non-hydrogen) atoms. The highest BCUT2D eigenvalue weighted by atomic mass is 16.6. The summed E-state index contributed by atoms with van der Waals surface area (Å²) in [5, 5.41) is 18.3. The molecule has 2 aromatic carbocycles. The number of rotatable bonds is 10. The van der Waals surface area contributed by atoms with E-state index in [4.69, 9.17) is 4.74 Å². The van der Waals surface area contributed by atoms with Gasteiger partial charge in [-0.05, 0) is 108 Å². The fraction of sp³-hybridized carbons (Fsp3) is 0.515. The summed E-state index contributed by atoms with van der Waals surface area (Å²) in [4.78, 5) is 49.2. The van der Waals surface area contributed by atoms with Crippen molar-refractivity contribution in [1.82, 2.24) is 16.0 Å². The molecule has 0 heterocycles. The number of carboxylic acids is 1. The molecule has 1 aliphatic rings. The van der Waals surface area contributed by atoms with Crippen molar-refractivity contribution in [2.24, 2.45) is 11.8 Å². The Morgan fingerprint density at radius 3 is 2.14 bits per heavy atom. The van der Waals surface area contributed by atoms with Crippen LogP contribution in [0.15, 0.2) is 42.5 Å². The number of carbonyl (C=O) groups excluding carboxylic acids is 3. The Kier molecular flexibility index (Phi) is 11.1. The summed E-state index contributed by atoms with van der Waals surface area (Å²) >= 11 is 0. The number of ether oxygens (including phenoxy) is 1. The van der Waals surface area contributed by atoms with Crippen LogP contribution in [0.5, 0.6) is 0 Å². The van der Waals surface area contributed by atoms with Crippen LogP contribution in [0.4, 0.5) is 4.79 Å². The molecule has 0 aliphatic heterocycles. The van der Waals surface area contributed by atoms with Crippen molar-refractivity contribution in [3.8, 4) is 11.1 Å². The van der Waals surface area contributed by atoms with Gasteiger partial charge >= 0.3 is 12.1 Å². The number of hydrogen-bond donors (Lipinski definition) is 4. The van der Waals surface area contributed by atoms with Gasteiger partial charge < -0.3 is 25.8 Å². The van der Waals surface area contributed by atoms with Crippen LogP contribution in [-0.2, 0) is 20.7 Å². The maximum absolute atomic E-state index is 13.0. The average molecular weight is 580 g/mol. The maximum atomic E-state index is 13.0. The van der Waals surface area contributed by atoms with E-state index in [9.17, 15) is 24.3 Å². The van der Waals surface area contributed by atoms with Gasteiger partial charge in [-0.15, -0.1) is 0 Å². The van der Waals surface area contributed by atoms with Crippen molar-refractivity contribution in [2.45, 2.75) is 91.3 Å². The Labute approximate surface area is 248 Å². The normalized spacial score (nSPS) is 17.7. The molecule has 1 atom stereocenters. The van der Waals surface area contributed by atoms with Gasteiger partial charge in [-0.1, -0.05) is 30.3 Å². The molecular formula is C33H45N3O6. The molecule has 0 saturated heterocycles. The highest BCUT2D eigenvalue weighted by Crippen LogP contribution is 2.29. The molecule has 2 aromatic rings. The molecule has 4 N–H and O–H groups in total. The van der Waals surface area contributed by atoms with E-state index in [1.165, 1.54) is 0 Å². The van der Waals surface area contributed by atoms with Gasteiger partial charge in [0.15, 0.2) is 0 Å². The molecule has 1 saturated carbocycles.